The summed E-state index contributed by atoms with van der Waals surface area (Å²) in [6.07, 6.45) is 11.4. The molecule has 1 atom stereocenters. The van der Waals surface area contributed by atoms with Gasteiger partial charge in [-0.2, -0.15) is 5.10 Å². The fourth-order valence-electron chi connectivity index (χ4n) is 3.60. The molecule has 0 radical (unpaired) electrons. The number of nitrogens with zero attached hydrogens (tertiary/aromatic N) is 5. The molecule has 4 heterocycles. The number of hydrogen-bond donors (Lipinski definition) is 1. The van der Waals surface area contributed by atoms with Gasteiger partial charge in [-0.05, 0) is 38.0 Å². The SMILES string of the molecule is C=CC=C(C=C)c1cc(Nc2cccc(N3CCCC3C)n2)c2nccn2n1. The first-order valence-corrected chi connectivity index (χ1v) is 9.50. The summed E-state index contributed by atoms with van der Waals surface area (Å²) in [5.41, 5.74) is 3.26. The summed E-state index contributed by atoms with van der Waals surface area (Å²) in [5, 5.41) is 8.04. The van der Waals surface area contributed by atoms with E-state index in [9.17, 15) is 0 Å². The van der Waals surface area contributed by atoms with Gasteiger partial charge in [0.15, 0.2) is 5.65 Å². The van der Waals surface area contributed by atoms with Crippen molar-refractivity contribution in [2.24, 2.45) is 0 Å². The van der Waals surface area contributed by atoms with Crippen molar-refractivity contribution in [1.29, 1.82) is 0 Å². The Morgan fingerprint density at radius 1 is 1.32 bits per heavy atom. The van der Waals surface area contributed by atoms with Crippen LogP contribution in [0.25, 0.3) is 11.2 Å². The van der Waals surface area contributed by atoms with Gasteiger partial charge >= 0.3 is 0 Å². The van der Waals surface area contributed by atoms with Crippen molar-refractivity contribution in [2.75, 3.05) is 16.8 Å². The van der Waals surface area contributed by atoms with E-state index in [-0.39, 0.29) is 0 Å². The van der Waals surface area contributed by atoms with Gasteiger partial charge in [0.05, 0.1) is 11.4 Å². The van der Waals surface area contributed by atoms with Crippen LogP contribution in [0.3, 0.4) is 0 Å². The Kier molecular flexibility index (Phi) is 4.93. The highest BCUT2D eigenvalue weighted by Crippen LogP contribution is 2.27. The van der Waals surface area contributed by atoms with E-state index in [1.54, 1.807) is 22.9 Å². The van der Waals surface area contributed by atoms with Crippen molar-refractivity contribution in [1.82, 2.24) is 19.6 Å². The Hall–Kier alpha value is -3.41. The van der Waals surface area contributed by atoms with Crippen LogP contribution in [0.15, 0.2) is 68.0 Å². The third-order valence-corrected chi connectivity index (χ3v) is 5.02. The van der Waals surface area contributed by atoms with Crippen LogP contribution in [-0.2, 0) is 0 Å². The summed E-state index contributed by atoms with van der Waals surface area (Å²) in [7, 11) is 0. The summed E-state index contributed by atoms with van der Waals surface area (Å²) in [5.74, 6) is 1.79. The zero-order chi connectivity index (χ0) is 19.5. The predicted octanol–water partition coefficient (Wildman–Crippen LogP) is 4.61. The molecule has 4 rings (SSSR count). The molecule has 1 unspecified atom stereocenters. The zero-order valence-electron chi connectivity index (χ0n) is 16.0. The lowest BCUT2D eigenvalue weighted by Crippen LogP contribution is -2.27. The second kappa shape index (κ2) is 7.68. The summed E-state index contributed by atoms with van der Waals surface area (Å²) >= 11 is 0. The van der Waals surface area contributed by atoms with E-state index in [0.717, 1.165) is 40.8 Å². The largest absolute Gasteiger partial charge is 0.354 e. The summed E-state index contributed by atoms with van der Waals surface area (Å²) in [6, 6.07) is 8.56. The minimum Gasteiger partial charge on any atom is -0.354 e. The number of nitrogens with one attached hydrogen (secondary N) is 1. The van der Waals surface area contributed by atoms with Gasteiger partial charge in [-0.3, -0.25) is 0 Å². The van der Waals surface area contributed by atoms with Crippen LogP contribution < -0.4 is 10.2 Å². The molecule has 0 amide bonds. The quantitative estimate of drug-likeness (QED) is 0.640. The molecule has 3 aromatic rings. The number of imidazole rings is 1. The Bertz CT molecular complexity index is 1050. The first-order chi connectivity index (χ1) is 13.7. The maximum absolute atomic E-state index is 4.83. The Morgan fingerprint density at radius 2 is 2.21 bits per heavy atom. The molecule has 1 N–H and O–H groups in total. The highest BCUT2D eigenvalue weighted by atomic mass is 15.3. The molecule has 28 heavy (non-hydrogen) atoms. The molecule has 0 bridgehead atoms. The molecule has 3 aromatic heterocycles. The first kappa shape index (κ1) is 18.0. The molecule has 6 nitrogen and oxygen atoms in total. The maximum Gasteiger partial charge on any atom is 0.177 e. The molecule has 1 saturated heterocycles. The molecule has 0 spiro atoms. The minimum absolute atomic E-state index is 0.522. The van der Waals surface area contributed by atoms with Crippen LogP contribution in [0, 0.1) is 0 Å². The van der Waals surface area contributed by atoms with E-state index in [4.69, 9.17) is 4.98 Å². The minimum atomic E-state index is 0.522. The van der Waals surface area contributed by atoms with Gasteiger partial charge in [-0.15, -0.1) is 0 Å². The second-order valence-corrected chi connectivity index (χ2v) is 6.89. The lowest BCUT2D eigenvalue weighted by Gasteiger charge is -2.23. The molecule has 1 aliphatic heterocycles. The molecule has 0 aliphatic carbocycles. The maximum atomic E-state index is 4.83. The van der Waals surface area contributed by atoms with E-state index >= 15 is 0 Å². The molecular weight excluding hydrogens is 348 g/mol. The van der Waals surface area contributed by atoms with E-state index in [1.807, 2.05) is 30.5 Å². The van der Waals surface area contributed by atoms with Gasteiger partial charge in [0.1, 0.15) is 11.6 Å². The third kappa shape index (κ3) is 3.41. The van der Waals surface area contributed by atoms with Crippen LogP contribution in [0.1, 0.15) is 25.5 Å². The monoisotopic (exact) mass is 372 g/mol. The van der Waals surface area contributed by atoms with Crippen LogP contribution >= 0.6 is 0 Å². The Labute approximate surface area is 164 Å². The number of allylic oxidation sites excluding steroid dienone is 4. The molecule has 1 aliphatic rings. The van der Waals surface area contributed by atoms with Crippen LogP contribution in [-0.4, -0.2) is 32.2 Å². The second-order valence-electron chi connectivity index (χ2n) is 6.89. The van der Waals surface area contributed by atoms with Crippen LogP contribution in [0.2, 0.25) is 0 Å². The predicted molar refractivity (Wildman–Crippen MR) is 115 cm³/mol. The first-order valence-electron chi connectivity index (χ1n) is 9.50. The van der Waals surface area contributed by atoms with E-state index in [1.165, 1.54) is 12.8 Å². The number of hydrogen-bond acceptors (Lipinski definition) is 5. The molecular formula is C22H24N6. The topological polar surface area (TPSA) is 58.3 Å². The summed E-state index contributed by atoms with van der Waals surface area (Å²) in [6.45, 7) is 11.0. The Balaban J connectivity index is 1.71. The van der Waals surface area contributed by atoms with Crippen molar-refractivity contribution >= 4 is 28.5 Å². The molecule has 6 heteroatoms. The number of anilines is 3. The zero-order valence-corrected chi connectivity index (χ0v) is 16.0. The van der Waals surface area contributed by atoms with E-state index in [2.05, 4.69) is 46.4 Å². The molecule has 142 valence electrons. The number of fused-ring (bicyclic) bond motifs is 1. The summed E-state index contributed by atoms with van der Waals surface area (Å²) < 4.78 is 1.75. The average Bonchev–Trinajstić information content (AvgIpc) is 3.35. The molecule has 1 fully saturated rings. The fourth-order valence-corrected chi connectivity index (χ4v) is 3.60. The number of pyridine rings is 1. The smallest absolute Gasteiger partial charge is 0.177 e. The number of aromatic nitrogens is 4. The summed E-state index contributed by atoms with van der Waals surface area (Å²) in [4.78, 5) is 11.6. The van der Waals surface area contributed by atoms with Crippen molar-refractivity contribution in [3.05, 3.63) is 73.7 Å². The fraction of sp³-hybridized carbons (Fsp3) is 0.227. The number of rotatable bonds is 6. The van der Waals surface area contributed by atoms with Gasteiger partial charge in [-0.25, -0.2) is 14.5 Å². The van der Waals surface area contributed by atoms with Crippen molar-refractivity contribution in [3.63, 3.8) is 0 Å². The lowest BCUT2D eigenvalue weighted by atomic mass is 10.1. The van der Waals surface area contributed by atoms with Gasteiger partial charge < -0.3 is 10.2 Å². The highest BCUT2D eigenvalue weighted by Gasteiger charge is 2.21. The van der Waals surface area contributed by atoms with E-state index < -0.39 is 0 Å². The van der Waals surface area contributed by atoms with Gasteiger partial charge in [-0.1, -0.05) is 37.5 Å². The van der Waals surface area contributed by atoms with Crippen molar-refractivity contribution < 1.29 is 0 Å². The lowest BCUT2D eigenvalue weighted by molar-refractivity contribution is 0.727. The third-order valence-electron chi connectivity index (χ3n) is 5.02. The van der Waals surface area contributed by atoms with Crippen molar-refractivity contribution in [2.45, 2.75) is 25.8 Å². The molecule has 0 saturated carbocycles. The van der Waals surface area contributed by atoms with Gasteiger partial charge in [0.2, 0.25) is 0 Å². The standard InChI is InChI=1S/C22H24N6/c1-4-8-17(5-2)18-15-19(22-23-12-14-28(22)26-18)24-20-10-6-11-21(25-20)27-13-7-9-16(27)3/h4-6,8,10-12,14-16H,1-2,7,9,13H2,3H3,(H,24,25). The van der Waals surface area contributed by atoms with Crippen LogP contribution in [0.4, 0.5) is 17.3 Å². The highest BCUT2D eigenvalue weighted by molar-refractivity contribution is 5.79. The van der Waals surface area contributed by atoms with Gasteiger partial charge in [0.25, 0.3) is 0 Å². The molecule has 0 aromatic carbocycles. The Morgan fingerprint density at radius 3 is 2.96 bits per heavy atom. The van der Waals surface area contributed by atoms with E-state index in [0.29, 0.717) is 6.04 Å². The van der Waals surface area contributed by atoms with Gasteiger partial charge in [0, 0.05) is 30.6 Å². The normalized spacial score (nSPS) is 17.1. The van der Waals surface area contributed by atoms with Crippen LogP contribution in [0.5, 0.6) is 0 Å². The van der Waals surface area contributed by atoms with Crippen molar-refractivity contribution in [3.8, 4) is 0 Å². The average molecular weight is 372 g/mol.